The number of allylic oxidation sites excluding steroid dienone is 2. The minimum atomic E-state index is 0.199. The van der Waals surface area contributed by atoms with Crippen LogP contribution in [0.3, 0.4) is 0 Å². The Morgan fingerprint density at radius 2 is 2.19 bits per heavy atom. The molecule has 0 bridgehead atoms. The number of halogens is 1. The summed E-state index contributed by atoms with van der Waals surface area (Å²) in [6, 6.07) is 8.25. The third-order valence-electron chi connectivity index (χ3n) is 2.65. The van der Waals surface area contributed by atoms with E-state index in [1.807, 2.05) is 26.0 Å². The van der Waals surface area contributed by atoms with Gasteiger partial charge in [-0.1, -0.05) is 18.2 Å². The molecule has 1 aromatic carbocycles. The molecule has 86 valence electrons. The van der Waals surface area contributed by atoms with E-state index in [-0.39, 0.29) is 11.5 Å². The molecule has 1 aliphatic carbocycles. The highest BCUT2D eigenvalue weighted by atomic mass is 35.5. The quantitative estimate of drug-likeness (QED) is 0.713. The zero-order valence-electron chi connectivity index (χ0n) is 9.74. The first-order valence-corrected chi connectivity index (χ1v) is 6.20. The first-order chi connectivity index (χ1) is 7.65. The summed E-state index contributed by atoms with van der Waals surface area (Å²) in [7, 11) is 0. The lowest BCUT2D eigenvalue weighted by Gasteiger charge is -2.11. The molecule has 0 aromatic heterocycles. The maximum atomic E-state index is 6.07. The Morgan fingerprint density at radius 1 is 1.38 bits per heavy atom. The molecule has 0 fully saturated rings. The molecule has 0 N–H and O–H groups in total. The fourth-order valence-corrected chi connectivity index (χ4v) is 2.22. The average molecular weight is 237 g/mol. The number of ether oxygens (including phenoxy) is 1. The molecule has 0 amide bonds. The van der Waals surface area contributed by atoms with Gasteiger partial charge < -0.3 is 4.74 Å². The van der Waals surface area contributed by atoms with Gasteiger partial charge in [0.2, 0.25) is 0 Å². The summed E-state index contributed by atoms with van der Waals surface area (Å²) in [6.07, 6.45) is 4.48. The molecular formula is C14H17ClO. The molecule has 1 aromatic rings. The molecule has 0 aliphatic heterocycles. The van der Waals surface area contributed by atoms with E-state index in [9.17, 15) is 0 Å². The van der Waals surface area contributed by atoms with E-state index in [1.165, 1.54) is 11.1 Å². The van der Waals surface area contributed by atoms with Crippen molar-refractivity contribution in [3.05, 3.63) is 35.9 Å². The fourth-order valence-electron chi connectivity index (χ4n) is 1.96. The van der Waals surface area contributed by atoms with Gasteiger partial charge in [0.1, 0.15) is 5.75 Å². The third-order valence-corrected chi connectivity index (χ3v) is 2.99. The molecule has 1 nitrogen and oxygen atoms in total. The van der Waals surface area contributed by atoms with E-state index < -0.39 is 0 Å². The minimum Gasteiger partial charge on any atom is -0.491 e. The van der Waals surface area contributed by atoms with Crippen LogP contribution in [0.1, 0.15) is 32.3 Å². The number of hydrogen-bond donors (Lipinski definition) is 0. The van der Waals surface area contributed by atoms with Crippen molar-refractivity contribution >= 4 is 17.2 Å². The fraction of sp³-hybridized carbons (Fsp3) is 0.429. The van der Waals surface area contributed by atoms with E-state index in [2.05, 4.69) is 18.2 Å². The lowest BCUT2D eigenvalue weighted by Crippen LogP contribution is -2.05. The number of hydrogen-bond acceptors (Lipinski definition) is 1. The van der Waals surface area contributed by atoms with Gasteiger partial charge in [0.25, 0.3) is 0 Å². The summed E-state index contributed by atoms with van der Waals surface area (Å²) < 4.78 is 5.68. The molecule has 0 spiro atoms. The van der Waals surface area contributed by atoms with Gasteiger partial charge in [-0.3, -0.25) is 0 Å². The van der Waals surface area contributed by atoms with Crippen LogP contribution in [-0.2, 0) is 0 Å². The Bertz CT molecular complexity index is 395. The summed E-state index contributed by atoms with van der Waals surface area (Å²) in [5, 5.41) is 0.199. The van der Waals surface area contributed by atoms with Crippen molar-refractivity contribution in [2.75, 3.05) is 0 Å². The number of rotatable bonds is 3. The van der Waals surface area contributed by atoms with Crippen molar-refractivity contribution in [3.8, 4) is 5.75 Å². The molecule has 0 saturated carbocycles. The number of benzene rings is 1. The minimum absolute atomic E-state index is 0.199. The van der Waals surface area contributed by atoms with Gasteiger partial charge >= 0.3 is 0 Å². The largest absolute Gasteiger partial charge is 0.491 e. The summed E-state index contributed by atoms with van der Waals surface area (Å²) >= 11 is 6.07. The zero-order chi connectivity index (χ0) is 11.5. The summed E-state index contributed by atoms with van der Waals surface area (Å²) in [6.45, 7) is 4.08. The lowest BCUT2D eigenvalue weighted by atomic mass is 10.1. The van der Waals surface area contributed by atoms with E-state index in [0.717, 1.165) is 18.6 Å². The lowest BCUT2D eigenvalue weighted by molar-refractivity contribution is 0.242. The van der Waals surface area contributed by atoms with Crippen LogP contribution in [0.2, 0.25) is 0 Å². The van der Waals surface area contributed by atoms with Crippen molar-refractivity contribution in [1.82, 2.24) is 0 Å². The maximum Gasteiger partial charge on any atom is 0.120 e. The normalized spacial score (nSPS) is 20.0. The van der Waals surface area contributed by atoms with Crippen LogP contribution in [0.25, 0.3) is 5.57 Å². The Labute approximate surface area is 102 Å². The van der Waals surface area contributed by atoms with Crippen LogP contribution in [-0.4, -0.2) is 11.5 Å². The van der Waals surface area contributed by atoms with Crippen molar-refractivity contribution < 1.29 is 4.74 Å². The van der Waals surface area contributed by atoms with Gasteiger partial charge in [-0.15, -0.1) is 11.6 Å². The second kappa shape index (κ2) is 4.92. The van der Waals surface area contributed by atoms with Gasteiger partial charge in [-0.25, -0.2) is 0 Å². The maximum absolute atomic E-state index is 6.07. The van der Waals surface area contributed by atoms with Gasteiger partial charge in [-0.05, 0) is 50.0 Å². The van der Waals surface area contributed by atoms with Gasteiger partial charge in [0, 0.05) is 0 Å². The second-order valence-corrected chi connectivity index (χ2v) is 5.00. The highest BCUT2D eigenvalue weighted by Gasteiger charge is 2.14. The highest BCUT2D eigenvalue weighted by Crippen LogP contribution is 2.32. The predicted octanol–water partition coefficient (Wildman–Crippen LogP) is 4.26. The average Bonchev–Trinajstić information content (AvgIpc) is 2.64. The molecule has 0 saturated heterocycles. The van der Waals surface area contributed by atoms with E-state index in [4.69, 9.17) is 16.3 Å². The molecule has 2 heteroatoms. The van der Waals surface area contributed by atoms with Crippen molar-refractivity contribution in [3.63, 3.8) is 0 Å². The monoisotopic (exact) mass is 236 g/mol. The molecule has 2 rings (SSSR count). The van der Waals surface area contributed by atoms with Gasteiger partial charge in [0.15, 0.2) is 0 Å². The first kappa shape index (κ1) is 11.5. The van der Waals surface area contributed by atoms with Crippen molar-refractivity contribution in [2.24, 2.45) is 0 Å². The van der Waals surface area contributed by atoms with Gasteiger partial charge in [0.05, 0.1) is 11.5 Å². The highest BCUT2D eigenvalue weighted by molar-refractivity contribution is 6.22. The van der Waals surface area contributed by atoms with Crippen LogP contribution in [0.4, 0.5) is 0 Å². The Hall–Kier alpha value is -0.950. The second-order valence-electron chi connectivity index (χ2n) is 4.44. The predicted molar refractivity (Wildman–Crippen MR) is 69.1 cm³/mol. The summed E-state index contributed by atoms with van der Waals surface area (Å²) in [5.41, 5.74) is 2.58. The van der Waals surface area contributed by atoms with Crippen molar-refractivity contribution in [2.45, 2.75) is 38.2 Å². The molecule has 1 unspecified atom stereocenters. The molecular weight excluding hydrogens is 220 g/mol. The first-order valence-electron chi connectivity index (χ1n) is 5.77. The smallest absolute Gasteiger partial charge is 0.120 e. The van der Waals surface area contributed by atoms with E-state index in [1.54, 1.807) is 0 Å². The van der Waals surface area contributed by atoms with Crippen LogP contribution < -0.4 is 4.74 Å². The Kier molecular flexibility index (Phi) is 3.55. The van der Waals surface area contributed by atoms with E-state index >= 15 is 0 Å². The summed E-state index contributed by atoms with van der Waals surface area (Å²) in [4.78, 5) is 0. The molecule has 0 radical (unpaired) electrons. The van der Waals surface area contributed by atoms with Crippen LogP contribution in [0.15, 0.2) is 30.3 Å². The third kappa shape index (κ3) is 2.79. The molecule has 1 aliphatic rings. The van der Waals surface area contributed by atoms with Gasteiger partial charge in [-0.2, -0.15) is 0 Å². The number of alkyl halides is 1. The van der Waals surface area contributed by atoms with Crippen LogP contribution >= 0.6 is 11.6 Å². The summed E-state index contributed by atoms with van der Waals surface area (Å²) in [5.74, 6) is 0.937. The Morgan fingerprint density at radius 3 is 2.81 bits per heavy atom. The molecule has 16 heavy (non-hydrogen) atoms. The molecule has 1 atom stereocenters. The molecule has 0 heterocycles. The zero-order valence-corrected chi connectivity index (χ0v) is 10.5. The standard InChI is InChI=1S/C14H17ClO/c1-10(2)16-14-5-3-4-11(9-14)12-6-7-13(15)8-12/h3-5,8-10,13H,6-7H2,1-2H3. The van der Waals surface area contributed by atoms with Crippen LogP contribution in [0, 0.1) is 0 Å². The van der Waals surface area contributed by atoms with Crippen molar-refractivity contribution in [1.29, 1.82) is 0 Å². The van der Waals surface area contributed by atoms with E-state index in [0.29, 0.717) is 0 Å². The Balaban J connectivity index is 2.19. The van der Waals surface area contributed by atoms with Crippen LogP contribution in [0.5, 0.6) is 5.75 Å². The SMILES string of the molecule is CC(C)Oc1cccc(C2=CC(Cl)CC2)c1. The topological polar surface area (TPSA) is 9.23 Å².